The number of aryl methyl sites for hydroxylation is 1. The van der Waals surface area contributed by atoms with Gasteiger partial charge < -0.3 is 9.72 Å². The van der Waals surface area contributed by atoms with E-state index in [1.165, 1.54) is 10.9 Å². The highest BCUT2D eigenvalue weighted by molar-refractivity contribution is 5.91. The van der Waals surface area contributed by atoms with Crippen LogP contribution in [0, 0.1) is 0 Å². The topological polar surface area (TPSA) is 42.1 Å². The van der Waals surface area contributed by atoms with Gasteiger partial charge in [0.25, 0.3) is 0 Å². The van der Waals surface area contributed by atoms with Gasteiger partial charge in [0.05, 0.1) is 6.61 Å². The molecule has 3 aromatic rings. The minimum absolute atomic E-state index is 0.282. The van der Waals surface area contributed by atoms with Crippen LogP contribution in [0.4, 0.5) is 0 Å². The van der Waals surface area contributed by atoms with E-state index in [0.29, 0.717) is 6.61 Å². The van der Waals surface area contributed by atoms with Gasteiger partial charge in [-0.3, -0.25) is 0 Å². The molecule has 0 atom stereocenters. The molecule has 3 rings (SSSR count). The Morgan fingerprint density at radius 3 is 2.62 bits per heavy atom. The number of H-pyrrole nitrogens is 1. The fourth-order valence-corrected chi connectivity index (χ4v) is 2.89. The Balaban J connectivity index is 1.83. The number of carbonyl (C=O) groups is 1. The summed E-state index contributed by atoms with van der Waals surface area (Å²) in [5, 5.41) is 1.24. The molecule has 0 amide bonds. The first-order chi connectivity index (χ1) is 11.8. The van der Waals surface area contributed by atoms with Crippen LogP contribution in [0.25, 0.3) is 16.5 Å². The minimum Gasteiger partial charge on any atom is -0.463 e. The van der Waals surface area contributed by atoms with Crippen molar-refractivity contribution in [1.82, 2.24) is 4.98 Å². The number of esters is 1. The molecule has 0 unspecified atom stereocenters. The number of fused-ring (bicyclic) bond motifs is 1. The lowest BCUT2D eigenvalue weighted by Gasteiger charge is -2.08. The van der Waals surface area contributed by atoms with Crippen molar-refractivity contribution in [3.63, 3.8) is 0 Å². The van der Waals surface area contributed by atoms with Crippen LogP contribution in [-0.4, -0.2) is 17.6 Å². The molecule has 1 heterocycles. The maximum Gasteiger partial charge on any atom is 0.331 e. The molecule has 0 spiro atoms. The second-order valence-corrected chi connectivity index (χ2v) is 5.65. The van der Waals surface area contributed by atoms with Crippen molar-refractivity contribution in [2.75, 3.05) is 6.61 Å². The second kappa shape index (κ2) is 7.64. The van der Waals surface area contributed by atoms with Crippen LogP contribution in [0.2, 0.25) is 0 Å². The van der Waals surface area contributed by atoms with Gasteiger partial charge in [-0.2, -0.15) is 0 Å². The molecule has 0 radical (unpaired) electrons. The molecule has 0 saturated carbocycles. The summed E-state index contributed by atoms with van der Waals surface area (Å²) in [5.74, 6) is -0.282. The summed E-state index contributed by atoms with van der Waals surface area (Å²) in [4.78, 5) is 15.2. The van der Waals surface area contributed by atoms with Crippen molar-refractivity contribution in [2.45, 2.75) is 19.8 Å². The Bertz CT molecular complexity index is 846. The molecular weight excluding hydrogens is 298 g/mol. The molecule has 3 nitrogen and oxygen atoms in total. The third-order valence-electron chi connectivity index (χ3n) is 4.06. The number of hydrogen-bond acceptors (Lipinski definition) is 2. The van der Waals surface area contributed by atoms with E-state index in [-0.39, 0.29) is 5.97 Å². The third kappa shape index (κ3) is 3.74. The lowest BCUT2D eigenvalue weighted by Crippen LogP contribution is -2.01. The molecule has 1 aromatic heterocycles. The van der Waals surface area contributed by atoms with Crippen LogP contribution in [0.5, 0.6) is 0 Å². The monoisotopic (exact) mass is 319 g/mol. The van der Waals surface area contributed by atoms with Gasteiger partial charge in [-0.15, -0.1) is 0 Å². The van der Waals surface area contributed by atoms with Gasteiger partial charge in [-0.1, -0.05) is 48.5 Å². The average Bonchev–Trinajstić information content (AvgIpc) is 3.03. The first kappa shape index (κ1) is 16.1. The summed E-state index contributed by atoms with van der Waals surface area (Å²) >= 11 is 0. The summed E-state index contributed by atoms with van der Waals surface area (Å²) in [6, 6.07) is 18.3. The Morgan fingerprint density at radius 1 is 1.08 bits per heavy atom. The normalized spacial score (nSPS) is 11.6. The molecule has 1 N–H and O–H groups in total. The van der Waals surface area contributed by atoms with Crippen molar-refractivity contribution in [3.05, 3.63) is 78.0 Å². The predicted molar refractivity (Wildman–Crippen MR) is 97.7 cm³/mol. The van der Waals surface area contributed by atoms with Crippen molar-refractivity contribution < 1.29 is 9.53 Å². The summed E-state index contributed by atoms with van der Waals surface area (Å²) in [5.41, 5.74) is 4.46. The Labute approximate surface area is 142 Å². The number of aromatic amines is 1. The summed E-state index contributed by atoms with van der Waals surface area (Å²) < 4.78 is 5.08. The highest BCUT2D eigenvalue weighted by Gasteiger charge is 2.08. The van der Waals surface area contributed by atoms with Crippen molar-refractivity contribution >= 4 is 22.4 Å². The second-order valence-electron chi connectivity index (χ2n) is 5.65. The van der Waals surface area contributed by atoms with Gasteiger partial charge in [-0.25, -0.2) is 4.79 Å². The van der Waals surface area contributed by atoms with E-state index in [4.69, 9.17) is 4.74 Å². The van der Waals surface area contributed by atoms with E-state index < -0.39 is 0 Å². The molecular formula is C21H21NO2. The number of aromatic nitrogens is 1. The van der Waals surface area contributed by atoms with Crippen LogP contribution in [0.3, 0.4) is 0 Å². The zero-order valence-corrected chi connectivity index (χ0v) is 13.8. The highest BCUT2D eigenvalue weighted by Crippen LogP contribution is 2.24. The third-order valence-corrected chi connectivity index (χ3v) is 4.06. The minimum atomic E-state index is -0.282. The molecule has 0 saturated heterocycles. The lowest BCUT2D eigenvalue weighted by molar-refractivity contribution is -0.137. The molecule has 0 bridgehead atoms. The van der Waals surface area contributed by atoms with Crippen LogP contribution in [0.15, 0.2) is 66.9 Å². The van der Waals surface area contributed by atoms with Gasteiger partial charge in [0, 0.05) is 23.2 Å². The predicted octanol–water partition coefficient (Wildman–Crippen LogP) is 4.75. The summed E-state index contributed by atoms with van der Waals surface area (Å²) in [7, 11) is 0. The fraction of sp³-hybridized carbons (Fsp3) is 0.190. The molecule has 0 aliphatic carbocycles. The number of ether oxygens (including phenoxy) is 1. The number of allylic oxidation sites excluding steroid dienone is 1. The van der Waals surface area contributed by atoms with Crippen LogP contribution >= 0.6 is 0 Å². The van der Waals surface area contributed by atoms with Gasteiger partial charge in [0.15, 0.2) is 0 Å². The van der Waals surface area contributed by atoms with Crippen LogP contribution in [-0.2, 0) is 16.0 Å². The Hall–Kier alpha value is -2.81. The average molecular weight is 319 g/mol. The molecule has 0 aliphatic rings. The Morgan fingerprint density at radius 2 is 1.83 bits per heavy atom. The quantitative estimate of drug-likeness (QED) is 0.526. The Kier molecular flexibility index (Phi) is 5.12. The SMILES string of the molecule is CCOC(=O)/C=C(\CCc1c[nH]c2ccccc12)c1ccccc1. The number of rotatable bonds is 6. The van der Waals surface area contributed by atoms with Gasteiger partial charge in [-0.05, 0) is 42.5 Å². The lowest BCUT2D eigenvalue weighted by atomic mass is 9.98. The number of carbonyl (C=O) groups excluding carboxylic acids is 1. The van der Waals surface area contributed by atoms with E-state index >= 15 is 0 Å². The van der Waals surface area contributed by atoms with E-state index in [1.807, 2.05) is 49.4 Å². The van der Waals surface area contributed by atoms with Crippen LogP contribution in [0.1, 0.15) is 24.5 Å². The molecule has 0 fully saturated rings. The van der Waals surface area contributed by atoms with Crippen LogP contribution < -0.4 is 0 Å². The van der Waals surface area contributed by atoms with E-state index in [2.05, 4.69) is 23.3 Å². The number of para-hydroxylation sites is 1. The zero-order chi connectivity index (χ0) is 16.8. The molecule has 0 aliphatic heterocycles. The molecule has 3 heteroatoms. The van der Waals surface area contributed by atoms with Gasteiger partial charge in [0.2, 0.25) is 0 Å². The number of nitrogens with one attached hydrogen (secondary N) is 1. The number of hydrogen-bond donors (Lipinski definition) is 1. The molecule has 2 aromatic carbocycles. The van der Waals surface area contributed by atoms with E-state index in [0.717, 1.165) is 29.5 Å². The van der Waals surface area contributed by atoms with Gasteiger partial charge in [0.1, 0.15) is 0 Å². The fourth-order valence-electron chi connectivity index (χ4n) is 2.89. The van der Waals surface area contributed by atoms with Crippen molar-refractivity contribution in [3.8, 4) is 0 Å². The van der Waals surface area contributed by atoms with Crippen molar-refractivity contribution in [2.24, 2.45) is 0 Å². The number of benzene rings is 2. The smallest absolute Gasteiger partial charge is 0.331 e. The summed E-state index contributed by atoms with van der Waals surface area (Å²) in [6.07, 6.45) is 5.32. The van der Waals surface area contributed by atoms with Crippen molar-refractivity contribution in [1.29, 1.82) is 0 Å². The first-order valence-electron chi connectivity index (χ1n) is 8.25. The first-order valence-corrected chi connectivity index (χ1v) is 8.25. The largest absolute Gasteiger partial charge is 0.463 e. The molecule has 24 heavy (non-hydrogen) atoms. The summed E-state index contributed by atoms with van der Waals surface area (Å²) in [6.45, 7) is 2.21. The molecule has 122 valence electrons. The zero-order valence-electron chi connectivity index (χ0n) is 13.8. The maximum absolute atomic E-state index is 11.9. The van der Waals surface area contributed by atoms with E-state index in [9.17, 15) is 4.79 Å². The van der Waals surface area contributed by atoms with E-state index in [1.54, 1.807) is 6.08 Å². The standard InChI is InChI=1S/C21H21NO2/c1-2-24-21(23)14-17(16-8-4-3-5-9-16)12-13-18-15-22-20-11-7-6-10-19(18)20/h3-11,14-15,22H,2,12-13H2,1H3/b17-14+. The maximum atomic E-state index is 11.9. The van der Waals surface area contributed by atoms with Gasteiger partial charge >= 0.3 is 5.97 Å². The highest BCUT2D eigenvalue weighted by atomic mass is 16.5.